The van der Waals surface area contributed by atoms with Gasteiger partial charge in [-0.1, -0.05) is 30.3 Å². The van der Waals surface area contributed by atoms with Crippen LogP contribution in [0.2, 0.25) is 0 Å². The average molecular weight is 343 g/mol. The van der Waals surface area contributed by atoms with E-state index >= 15 is 0 Å². The van der Waals surface area contributed by atoms with Gasteiger partial charge in [0, 0.05) is 25.4 Å². The molecule has 0 spiro atoms. The van der Waals surface area contributed by atoms with Crippen LogP contribution in [-0.2, 0) is 11.3 Å². The summed E-state index contributed by atoms with van der Waals surface area (Å²) in [5.41, 5.74) is 1.08. The Labute approximate surface area is 148 Å². The number of ether oxygens (including phenoxy) is 1. The summed E-state index contributed by atoms with van der Waals surface area (Å²) >= 11 is 0. The molecule has 25 heavy (non-hydrogen) atoms. The molecular weight excluding hydrogens is 318 g/mol. The van der Waals surface area contributed by atoms with Gasteiger partial charge in [0.15, 0.2) is 5.82 Å². The molecule has 0 saturated carbocycles. The number of aromatic nitrogens is 2. The maximum absolute atomic E-state index is 12.3. The Hall–Kier alpha value is -2.38. The van der Waals surface area contributed by atoms with Gasteiger partial charge in [-0.3, -0.25) is 10.00 Å². The van der Waals surface area contributed by atoms with Crippen LogP contribution in [0.4, 0.5) is 10.6 Å². The Balaban J connectivity index is 1.53. The SMILES string of the molecule is CN(C)CCn1ccc(NC(=O)N[C@@H]2CCO[C@@H]2c2ccccc2)n1. The number of carbonyl (C=O) groups is 1. The van der Waals surface area contributed by atoms with Gasteiger partial charge in [-0.2, -0.15) is 5.10 Å². The second-order valence-corrected chi connectivity index (χ2v) is 6.46. The molecule has 0 radical (unpaired) electrons. The third-order valence-corrected chi connectivity index (χ3v) is 4.19. The molecule has 1 fully saturated rings. The first kappa shape index (κ1) is 17.4. The molecule has 2 N–H and O–H groups in total. The van der Waals surface area contributed by atoms with Crippen LogP contribution in [-0.4, -0.2) is 54.0 Å². The largest absolute Gasteiger partial charge is 0.371 e. The number of amides is 2. The predicted octanol–water partition coefficient (Wildman–Crippen LogP) is 2.10. The molecule has 2 aromatic rings. The lowest BCUT2D eigenvalue weighted by molar-refractivity contribution is 0.100. The highest BCUT2D eigenvalue weighted by molar-refractivity contribution is 5.88. The van der Waals surface area contributed by atoms with Crippen molar-refractivity contribution in [1.29, 1.82) is 0 Å². The van der Waals surface area contributed by atoms with Crippen LogP contribution in [0, 0.1) is 0 Å². The van der Waals surface area contributed by atoms with Gasteiger partial charge < -0.3 is 15.0 Å². The molecule has 1 aromatic carbocycles. The summed E-state index contributed by atoms with van der Waals surface area (Å²) in [7, 11) is 4.03. The van der Waals surface area contributed by atoms with E-state index in [1.165, 1.54) is 0 Å². The van der Waals surface area contributed by atoms with E-state index in [9.17, 15) is 4.79 Å². The van der Waals surface area contributed by atoms with Crippen molar-refractivity contribution in [2.24, 2.45) is 0 Å². The molecule has 0 aliphatic carbocycles. The van der Waals surface area contributed by atoms with Gasteiger partial charge >= 0.3 is 6.03 Å². The number of hydrogen-bond acceptors (Lipinski definition) is 4. The van der Waals surface area contributed by atoms with Crippen molar-refractivity contribution in [3.8, 4) is 0 Å². The number of rotatable bonds is 6. The van der Waals surface area contributed by atoms with E-state index in [4.69, 9.17) is 4.74 Å². The highest BCUT2D eigenvalue weighted by atomic mass is 16.5. The van der Waals surface area contributed by atoms with E-state index in [0.717, 1.165) is 25.1 Å². The molecule has 1 saturated heterocycles. The van der Waals surface area contributed by atoms with E-state index < -0.39 is 0 Å². The Morgan fingerprint density at radius 2 is 2.12 bits per heavy atom. The highest BCUT2D eigenvalue weighted by Crippen LogP contribution is 2.28. The monoisotopic (exact) mass is 343 g/mol. The van der Waals surface area contributed by atoms with Gasteiger partial charge in [-0.15, -0.1) is 0 Å². The third-order valence-electron chi connectivity index (χ3n) is 4.19. The van der Waals surface area contributed by atoms with Crippen molar-refractivity contribution < 1.29 is 9.53 Å². The van der Waals surface area contributed by atoms with Gasteiger partial charge in [0.25, 0.3) is 0 Å². The fourth-order valence-corrected chi connectivity index (χ4v) is 2.88. The summed E-state index contributed by atoms with van der Waals surface area (Å²) < 4.78 is 7.61. The number of anilines is 1. The van der Waals surface area contributed by atoms with E-state index in [1.807, 2.05) is 55.3 Å². The second kappa shape index (κ2) is 8.13. The zero-order chi connectivity index (χ0) is 17.6. The molecule has 134 valence electrons. The van der Waals surface area contributed by atoms with E-state index in [-0.39, 0.29) is 18.2 Å². The highest BCUT2D eigenvalue weighted by Gasteiger charge is 2.30. The van der Waals surface area contributed by atoms with Crippen LogP contribution in [0.25, 0.3) is 0 Å². The van der Waals surface area contributed by atoms with Crippen molar-refractivity contribution in [3.63, 3.8) is 0 Å². The third kappa shape index (κ3) is 4.80. The fraction of sp³-hybridized carbons (Fsp3) is 0.444. The Bertz CT molecular complexity index is 686. The summed E-state index contributed by atoms with van der Waals surface area (Å²) in [6.45, 7) is 2.32. The number of nitrogens with zero attached hydrogens (tertiary/aromatic N) is 3. The molecular formula is C18H25N5O2. The number of likely N-dealkylation sites (N-methyl/N-ethyl adjacent to an activating group) is 1. The number of nitrogens with one attached hydrogen (secondary N) is 2. The van der Waals surface area contributed by atoms with Gasteiger partial charge in [0.05, 0.1) is 12.6 Å². The predicted molar refractivity (Wildman–Crippen MR) is 96.5 cm³/mol. The topological polar surface area (TPSA) is 71.4 Å². The van der Waals surface area contributed by atoms with Crippen molar-refractivity contribution in [2.45, 2.75) is 25.1 Å². The van der Waals surface area contributed by atoms with Gasteiger partial charge in [0.1, 0.15) is 6.10 Å². The van der Waals surface area contributed by atoms with Crippen LogP contribution in [0.1, 0.15) is 18.1 Å². The molecule has 1 aromatic heterocycles. The smallest absolute Gasteiger partial charge is 0.320 e. The minimum Gasteiger partial charge on any atom is -0.371 e. The van der Waals surface area contributed by atoms with Crippen molar-refractivity contribution in [1.82, 2.24) is 20.0 Å². The first-order valence-electron chi connectivity index (χ1n) is 8.54. The van der Waals surface area contributed by atoms with E-state index in [2.05, 4.69) is 20.6 Å². The molecule has 2 heterocycles. The van der Waals surface area contributed by atoms with E-state index in [0.29, 0.717) is 12.4 Å². The van der Waals surface area contributed by atoms with Crippen LogP contribution in [0.3, 0.4) is 0 Å². The van der Waals surface area contributed by atoms with Crippen LogP contribution in [0.5, 0.6) is 0 Å². The molecule has 0 bridgehead atoms. The molecule has 1 aliphatic heterocycles. The van der Waals surface area contributed by atoms with Crippen molar-refractivity contribution >= 4 is 11.8 Å². The molecule has 2 amide bonds. The van der Waals surface area contributed by atoms with Crippen molar-refractivity contribution in [2.75, 3.05) is 32.6 Å². The van der Waals surface area contributed by atoms with Crippen LogP contribution in [0.15, 0.2) is 42.6 Å². The Morgan fingerprint density at radius 3 is 2.88 bits per heavy atom. The van der Waals surface area contributed by atoms with Crippen LogP contribution >= 0.6 is 0 Å². The molecule has 2 atom stereocenters. The zero-order valence-electron chi connectivity index (χ0n) is 14.7. The summed E-state index contributed by atoms with van der Waals surface area (Å²) in [5.74, 6) is 0.548. The normalized spacial score (nSPS) is 20.0. The summed E-state index contributed by atoms with van der Waals surface area (Å²) in [5, 5.41) is 10.2. The molecule has 1 aliphatic rings. The zero-order valence-corrected chi connectivity index (χ0v) is 14.7. The lowest BCUT2D eigenvalue weighted by Gasteiger charge is -2.20. The first-order chi connectivity index (χ1) is 12.1. The number of hydrogen-bond donors (Lipinski definition) is 2. The number of benzene rings is 1. The molecule has 7 nitrogen and oxygen atoms in total. The summed E-state index contributed by atoms with van der Waals surface area (Å²) in [6.07, 6.45) is 2.55. The minimum absolute atomic E-state index is 0.0433. The second-order valence-electron chi connectivity index (χ2n) is 6.46. The molecule has 0 unspecified atom stereocenters. The van der Waals surface area contributed by atoms with Crippen LogP contribution < -0.4 is 10.6 Å². The Kier molecular flexibility index (Phi) is 5.67. The first-order valence-corrected chi connectivity index (χ1v) is 8.54. The van der Waals surface area contributed by atoms with Gasteiger partial charge in [-0.25, -0.2) is 4.79 Å². The molecule has 3 rings (SSSR count). The summed E-state index contributed by atoms with van der Waals surface area (Å²) in [6, 6.07) is 11.5. The quantitative estimate of drug-likeness (QED) is 0.843. The standard InChI is InChI=1S/C18H25N5O2/c1-22(2)11-12-23-10-8-16(21-23)20-18(24)19-15-9-13-25-17(15)14-6-4-3-5-7-14/h3-8,10,15,17H,9,11-13H2,1-2H3,(H2,19,20,21,24)/t15-,17-/m1/s1. The van der Waals surface area contributed by atoms with E-state index in [1.54, 1.807) is 6.07 Å². The average Bonchev–Trinajstić information content (AvgIpc) is 3.23. The number of urea groups is 1. The maximum atomic E-state index is 12.3. The van der Waals surface area contributed by atoms with Gasteiger partial charge in [0.2, 0.25) is 0 Å². The van der Waals surface area contributed by atoms with Crippen molar-refractivity contribution in [3.05, 3.63) is 48.2 Å². The molecule has 7 heteroatoms. The lowest BCUT2D eigenvalue weighted by Crippen LogP contribution is -2.39. The summed E-state index contributed by atoms with van der Waals surface area (Å²) in [4.78, 5) is 14.4. The Morgan fingerprint density at radius 1 is 1.32 bits per heavy atom. The van der Waals surface area contributed by atoms with Gasteiger partial charge in [-0.05, 0) is 26.1 Å². The fourth-order valence-electron chi connectivity index (χ4n) is 2.88. The minimum atomic E-state index is -0.255. The lowest BCUT2D eigenvalue weighted by atomic mass is 10.0. The maximum Gasteiger partial charge on any atom is 0.320 e. The number of carbonyl (C=O) groups excluding carboxylic acids is 1.